The number of ether oxygens (including phenoxy) is 2. The number of rotatable bonds is 4. The van der Waals surface area contributed by atoms with E-state index in [1.165, 1.54) is 31.3 Å². The predicted molar refractivity (Wildman–Crippen MR) is 179 cm³/mol. The molecule has 10 nitrogen and oxygen atoms in total. The first kappa shape index (κ1) is 32.6. The van der Waals surface area contributed by atoms with Crippen molar-refractivity contribution in [2.45, 2.75) is 51.1 Å². The number of nitrogens with two attached hydrogens (primary N) is 1. The minimum Gasteiger partial charge on any atom is -0.508 e. The van der Waals surface area contributed by atoms with Gasteiger partial charge in [-0.2, -0.15) is 9.97 Å². The number of halogens is 2. The summed E-state index contributed by atoms with van der Waals surface area (Å²) < 4.78 is 44.2. The van der Waals surface area contributed by atoms with Gasteiger partial charge in [0, 0.05) is 30.6 Å². The van der Waals surface area contributed by atoms with Crippen molar-refractivity contribution in [2.75, 3.05) is 57.9 Å². The van der Waals surface area contributed by atoms with E-state index in [9.17, 15) is 9.50 Å². The third-order valence-corrected chi connectivity index (χ3v) is 9.48. The number of phenols is 1. The van der Waals surface area contributed by atoms with Crippen LogP contribution in [0.15, 0.2) is 24.3 Å². The molecule has 4 aliphatic rings. The van der Waals surface area contributed by atoms with Crippen LogP contribution in [0, 0.1) is 24.0 Å². The van der Waals surface area contributed by atoms with Gasteiger partial charge in [0.05, 0.1) is 17.1 Å². The predicted octanol–water partition coefficient (Wildman–Crippen LogP) is 4.59. The van der Waals surface area contributed by atoms with Gasteiger partial charge in [-0.3, -0.25) is 4.90 Å². The van der Waals surface area contributed by atoms with Crippen molar-refractivity contribution in [1.82, 2.24) is 25.2 Å². The molecule has 0 radical (unpaired) electrons. The molecule has 6 heterocycles. The molecule has 4 aromatic rings. The first-order valence-electron chi connectivity index (χ1n) is 16.3. The monoisotopic (exact) mass is 645 g/mol. The quantitative estimate of drug-likeness (QED) is 0.272. The maximum absolute atomic E-state index is 16.8. The highest BCUT2D eigenvalue weighted by molar-refractivity contribution is 6.04. The Labute approximate surface area is 273 Å². The molecule has 4 N–H and O–H groups in total. The molecule has 0 bridgehead atoms. The van der Waals surface area contributed by atoms with Crippen LogP contribution in [0.4, 0.5) is 14.6 Å². The van der Waals surface area contributed by atoms with Crippen LogP contribution in [-0.2, 0) is 0 Å². The summed E-state index contributed by atoms with van der Waals surface area (Å²) in [6, 6.07) is 5.53. The first-order valence-corrected chi connectivity index (χ1v) is 16.3. The maximum Gasteiger partial charge on any atom is 0.319 e. The lowest BCUT2D eigenvalue weighted by molar-refractivity contribution is 0.108. The fourth-order valence-electron chi connectivity index (χ4n) is 7.44. The van der Waals surface area contributed by atoms with Crippen LogP contribution in [-0.4, -0.2) is 89.5 Å². The number of terminal acetylenes is 1. The summed E-state index contributed by atoms with van der Waals surface area (Å²) in [7, 11) is 1.50. The summed E-state index contributed by atoms with van der Waals surface area (Å²) in [5.74, 6) is 1.53. The van der Waals surface area contributed by atoms with Crippen LogP contribution < -0.4 is 25.4 Å². The molecule has 2 aromatic carbocycles. The summed E-state index contributed by atoms with van der Waals surface area (Å²) in [4.78, 5) is 18.7. The Hall–Kier alpha value is -4.31. The fourth-order valence-corrected chi connectivity index (χ4v) is 7.44. The van der Waals surface area contributed by atoms with Crippen molar-refractivity contribution < 1.29 is 23.4 Å². The van der Waals surface area contributed by atoms with Crippen molar-refractivity contribution in [1.29, 1.82) is 0 Å². The molecule has 47 heavy (non-hydrogen) atoms. The molecular formula is C35H41F2N7O3. The highest BCUT2D eigenvalue weighted by Gasteiger charge is 2.45. The summed E-state index contributed by atoms with van der Waals surface area (Å²) in [5, 5.41) is 15.0. The van der Waals surface area contributed by atoms with Gasteiger partial charge in [0.25, 0.3) is 0 Å². The SMILES string of the molecule is C#Cc1c(F)ccc2cc(O)cc(-c3nc4c5c(nc(OCC67CCCN6CCC7)nc5c3F)N3CCNC[C@H]3CO4)c12.CC.CN. The number of phenolic OH excluding ortho intramolecular Hbond substituents is 1. The number of nitrogens with one attached hydrogen (secondary N) is 1. The molecule has 0 aliphatic carbocycles. The molecule has 3 saturated heterocycles. The topological polar surface area (TPSA) is 122 Å². The molecule has 248 valence electrons. The van der Waals surface area contributed by atoms with Crippen molar-refractivity contribution in [3.63, 3.8) is 0 Å². The van der Waals surface area contributed by atoms with Gasteiger partial charge in [0.15, 0.2) is 5.82 Å². The first-order chi connectivity index (χ1) is 23.0. The lowest BCUT2D eigenvalue weighted by Gasteiger charge is -2.35. The second-order valence-corrected chi connectivity index (χ2v) is 11.9. The molecule has 1 atom stereocenters. The summed E-state index contributed by atoms with van der Waals surface area (Å²) in [6.07, 6.45) is 10.0. The molecule has 12 heteroatoms. The fraction of sp³-hybridized carbons (Fsp3) is 0.457. The van der Waals surface area contributed by atoms with Gasteiger partial charge in [0.2, 0.25) is 5.88 Å². The number of fused-ring (bicyclic) bond motifs is 4. The van der Waals surface area contributed by atoms with Gasteiger partial charge < -0.3 is 30.5 Å². The smallest absolute Gasteiger partial charge is 0.319 e. The van der Waals surface area contributed by atoms with E-state index in [0.29, 0.717) is 36.3 Å². The third-order valence-electron chi connectivity index (χ3n) is 9.48. The zero-order valence-corrected chi connectivity index (χ0v) is 27.1. The molecule has 8 rings (SSSR count). The Balaban J connectivity index is 0.000000932. The van der Waals surface area contributed by atoms with Crippen molar-refractivity contribution in [3.05, 3.63) is 41.5 Å². The summed E-state index contributed by atoms with van der Waals surface area (Å²) in [6.45, 7) is 8.85. The maximum atomic E-state index is 16.8. The third kappa shape index (κ3) is 5.56. The van der Waals surface area contributed by atoms with E-state index >= 15 is 4.39 Å². The van der Waals surface area contributed by atoms with Crippen LogP contribution in [0.2, 0.25) is 0 Å². The average molecular weight is 646 g/mol. The molecular weight excluding hydrogens is 604 g/mol. The van der Waals surface area contributed by atoms with Crippen molar-refractivity contribution in [3.8, 4) is 41.2 Å². The van der Waals surface area contributed by atoms with E-state index in [1.807, 2.05) is 13.8 Å². The van der Waals surface area contributed by atoms with Crippen LogP contribution in [0.25, 0.3) is 32.9 Å². The molecule has 0 spiro atoms. The number of anilines is 1. The normalized spacial score (nSPS) is 19.3. The number of hydrogen-bond donors (Lipinski definition) is 3. The second kappa shape index (κ2) is 13.4. The van der Waals surface area contributed by atoms with E-state index < -0.39 is 11.6 Å². The minimum absolute atomic E-state index is 0.0125. The van der Waals surface area contributed by atoms with Gasteiger partial charge >= 0.3 is 6.01 Å². The highest BCUT2D eigenvalue weighted by atomic mass is 19.1. The number of aromatic hydroxyl groups is 1. The Bertz CT molecular complexity index is 1840. The van der Waals surface area contributed by atoms with E-state index in [-0.39, 0.29) is 63.6 Å². The zero-order chi connectivity index (χ0) is 33.3. The van der Waals surface area contributed by atoms with E-state index in [0.717, 1.165) is 45.3 Å². The summed E-state index contributed by atoms with van der Waals surface area (Å²) >= 11 is 0. The lowest BCUT2D eigenvalue weighted by atomic mass is 9.95. The number of aromatic nitrogens is 3. The van der Waals surface area contributed by atoms with E-state index in [4.69, 9.17) is 20.9 Å². The van der Waals surface area contributed by atoms with Crippen LogP contribution >= 0.6 is 0 Å². The Morgan fingerprint density at radius 1 is 1.11 bits per heavy atom. The van der Waals surface area contributed by atoms with Gasteiger partial charge in [0.1, 0.15) is 47.2 Å². The number of pyridine rings is 1. The van der Waals surface area contributed by atoms with Gasteiger partial charge in [-0.05, 0) is 69.4 Å². The molecule has 0 unspecified atom stereocenters. The average Bonchev–Trinajstić information content (AvgIpc) is 3.65. The number of nitrogens with zero attached hydrogens (tertiary/aromatic N) is 5. The minimum atomic E-state index is -0.759. The molecule has 0 saturated carbocycles. The van der Waals surface area contributed by atoms with Gasteiger partial charge in [-0.25, -0.2) is 13.8 Å². The molecule has 2 aromatic heterocycles. The van der Waals surface area contributed by atoms with Crippen LogP contribution in [0.3, 0.4) is 0 Å². The van der Waals surface area contributed by atoms with E-state index in [1.54, 1.807) is 0 Å². The van der Waals surface area contributed by atoms with E-state index in [2.05, 4.69) is 36.7 Å². The van der Waals surface area contributed by atoms with Gasteiger partial charge in [-0.1, -0.05) is 25.8 Å². The molecule has 3 fully saturated rings. The van der Waals surface area contributed by atoms with Gasteiger partial charge in [-0.15, -0.1) is 6.42 Å². The van der Waals surface area contributed by atoms with Crippen LogP contribution in [0.5, 0.6) is 17.6 Å². The highest BCUT2D eigenvalue weighted by Crippen LogP contribution is 2.44. The second-order valence-electron chi connectivity index (χ2n) is 11.9. The Kier molecular flexibility index (Phi) is 9.32. The molecule has 0 amide bonds. The van der Waals surface area contributed by atoms with Crippen molar-refractivity contribution in [2.24, 2.45) is 5.73 Å². The Morgan fingerprint density at radius 2 is 1.87 bits per heavy atom. The molecule has 4 aliphatic heterocycles. The number of hydrogen-bond acceptors (Lipinski definition) is 10. The standard InChI is InChI=1S/C32H30F2N6O3.C2H6.CH5N/c1-2-21-23(33)6-5-18-13-20(41)14-22(24(18)21)27-26(34)28-25-29(40-12-9-35-15-19(40)16-42-30(25)36-27)38-31(37-28)43-17-32-7-3-10-39(32)11-4-8-32;2*1-2/h1,5-6,13-14,19,35,41H,3-4,7-12,15-17H2;1-2H3;2H2,1H3/t19-;;/m0../s1. The largest absolute Gasteiger partial charge is 0.508 e. The van der Waals surface area contributed by atoms with Crippen molar-refractivity contribution >= 4 is 27.5 Å². The Morgan fingerprint density at radius 3 is 2.62 bits per heavy atom. The van der Waals surface area contributed by atoms with Crippen LogP contribution in [0.1, 0.15) is 45.1 Å². The lowest BCUT2D eigenvalue weighted by Crippen LogP contribution is -2.53. The zero-order valence-electron chi connectivity index (χ0n) is 27.1. The summed E-state index contributed by atoms with van der Waals surface area (Å²) in [5.41, 5.74) is 4.38. The number of benzene rings is 2. The number of piperazine rings is 1.